The molecule has 0 radical (unpaired) electrons. The van der Waals surface area contributed by atoms with Crippen molar-refractivity contribution in [1.29, 1.82) is 0 Å². The summed E-state index contributed by atoms with van der Waals surface area (Å²) in [7, 11) is -3.70. The van der Waals surface area contributed by atoms with Gasteiger partial charge in [0.2, 0.25) is 5.91 Å². The number of rotatable bonds is 6. The van der Waals surface area contributed by atoms with Crippen molar-refractivity contribution in [3.8, 4) is 5.75 Å². The lowest BCUT2D eigenvalue weighted by Crippen LogP contribution is -2.23. The van der Waals surface area contributed by atoms with Crippen LogP contribution in [-0.2, 0) is 19.4 Å². The van der Waals surface area contributed by atoms with Crippen molar-refractivity contribution in [2.24, 2.45) is 5.92 Å². The Morgan fingerprint density at radius 2 is 1.91 bits per heavy atom. The molecule has 1 fully saturated rings. The third-order valence-electron chi connectivity index (χ3n) is 5.46. The van der Waals surface area contributed by atoms with E-state index in [9.17, 15) is 23.1 Å². The molecule has 2 heterocycles. The fourth-order valence-electron chi connectivity index (χ4n) is 3.54. The number of sulfone groups is 1. The molecule has 174 valence electrons. The van der Waals surface area contributed by atoms with E-state index in [4.69, 9.17) is 16.3 Å². The van der Waals surface area contributed by atoms with Crippen molar-refractivity contribution in [3.63, 3.8) is 0 Å². The first-order chi connectivity index (χ1) is 15.7. The van der Waals surface area contributed by atoms with Gasteiger partial charge in [-0.1, -0.05) is 18.5 Å². The standard InChI is InChI=1S/C22H22ClN3O6S/c1-2-33(30,31)15-9-17(25-21(28)12-5-6-32-11-12)20(27)18(10-15)26-22(29)19-8-13-7-14(23)3-4-16(13)24-19/h3-4,7-10,12,24,27H,2,5-6,11H2,1H3,(H,25,28)(H,26,29). The van der Waals surface area contributed by atoms with Gasteiger partial charge < -0.3 is 25.5 Å². The van der Waals surface area contributed by atoms with E-state index < -0.39 is 33.3 Å². The zero-order valence-electron chi connectivity index (χ0n) is 17.6. The average Bonchev–Trinajstić information content (AvgIpc) is 3.46. The molecule has 33 heavy (non-hydrogen) atoms. The lowest BCUT2D eigenvalue weighted by molar-refractivity contribution is -0.119. The van der Waals surface area contributed by atoms with Crippen molar-refractivity contribution < 1.29 is 27.9 Å². The molecular weight excluding hydrogens is 470 g/mol. The van der Waals surface area contributed by atoms with E-state index in [1.807, 2.05) is 0 Å². The number of ether oxygens (including phenoxy) is 1. The van der Waals surface area contributed by atoms with Gasteiger partial charge in [-0.25, -0.2) is 8.42 Å². The second-order valence-electron chi connectivity index (χ2n) is 7.69. The number of aromatic nitrogens is 1. The Labute approximate surface area is 195 Å². The van der Waals surface area contributed by atoms with Gasteiger partial charge >= 0.3 is 0 Å². The van der Waals surface area contributed by atoms with Gasteiger partial charge in [0.05, 0.1) is 34.5 Å². The molecule has 3 aromatic rings. The van der Waals surface area contributed by atoms with Gasteiger partial charge in [0.1, 0.15) is 5.69 Å². The number of phenolic OH excluding ortho intramolecular Hbond substituents is 1. The van der Waals surface area contributed by atoms with E-state index in [1.165, 1.54) is 19.1 Å². The number of fused-ring (bicyclic) bond motifs is 1. The van der Waals surface area contributed by atoms with E-state index in [1.54, 1.807) is 24.3 Å². The highest BCUT2D eigenvalue weighted by Crippen LogP contribution is 2.36. The molecule has 2 aromatic carbocycles. The Morgan fingerprint density at radius 1 is 1.18 bits per heavy atom. The highest BCUT2D eigenvalue weighted by atomic mass is 35.5. The van der Waals surface area contributed by atoms with Crippen LogP contribution < -0.4 is 10.6 Å². The maximum atomic E-state index is 12.9. The SMILES string of the molecule is CCS(=O)(=O)c1cc(NC(=O)c2cc3cc(Cl)ccc3[nH]2)c(O)c(NC(=O)C2CCOC2)c1. The predicted molar refractivity (Wildman–Crippen MR) is 125 cm³/mol. The molecule has 1 unspecified atom stereocenters. The minimum atomic E-state index is -3.70. The van der Waals surface area contributed by atoms with Crippen LogP contribution in [0.2, 0.25) is 5.02 Å². The summed E-state index contributed by atoms with van der Waals surface area (Å²) in [5, 5.41) is 17.0. The van der Waals surface area contributed by atoms with Crippen LogP contribution in [0.1, 0.15) is 23.8 Å². The van der Waals surface area contributed by atoms with Crippen molar-refractivity contribution in [2.75, 3.05) is 29.6 Å². The number of carbonyl (C=O) groups excluding carboxylic acids is 2. The van der Waals surface area contributed by atoms with Crippen LogP contribution >= 0.6 is 11.6 Å². The summed E-state index contributed by atoms with van der Waals surface area (Å²) in [6.07, 6.45) is 0.521. The summed E-state index contributed by atoms with van der Waals surface area (Å²) in [5.74, 6) is -2.07. The number of hydrogen-bond acceptors (Lipinski definition) is 6. The molecule has 1 aliphatic heterocycles. The van der Waals surface area contributed by atoms with Crippen LogP contribution in [0, 0.1) is 5.92 Å². The predicted octanol–water partition coefficient (Wildman–Crippen LogP) is 3.55. The molecular formula is C22H22ClN3O6S. The number of aromatic amines is 1. The van der Waals surface area contributed by atoms with Gasteiger partial charge in [-0.2, -0.15) is 0 Å². The van der Waals surface area contributed by atoms with Crippen molar-refractivity contribution in [3.05, 3.63) is 47.1 Å². The Kier molecular flexibility index (Phi) is 6.33. The summed E-state index contributed by atoms with van der Waals surface area (Å²) >= 11 is 5.99. The Bertz CT molecular complexity index is 1350. The number of nitrogens with one attached hydrogen (secondary N) is 3. The summed E-state index contributed by atoms with van der Waals surface area (Å²) < 4.78 is 30.2. The van der Waals surface area contributed by atoms with Crippen LogP contribution in [0.25, 0.3) is 10.9 Å². The summed E-state index contributed by atoms with van der Waals surface area (Å²) in [5.41, 5.74) is 0.608. The number of hydrogen-bond donors (Lipinski definition) is 4. The number of anilines is 2. The molecule has 4 rings (SSSR count). The summed E-state index contributed by atoms with van der Waals surface area (Å²) in [4.78, 5) is 28.2. The van der Waals surface area contributed by atoms with E-state index in [2.05, 4.69) is 15.6 Å². The van der Waals surface area contributed by atoms with Gasteiger partial charge in [-0.15, -0.1) is 0 Å². The molecule has 11 heteroatoms. The first-order valence-electron chi connectivity index (χ1n) is 10.3. The molecule has 1 aromatic heterocycles. The average molecular weight is 492 g/mol. The molecule has 4 N–H and O–H groups in total. The zero-order valence-corrected chi connectivity index (χ0v) is 19.2. The smallest absolute Gasteiger partial charge is 0.272 e. The third kappa shape index (κ3) is 4.82. The second-order valence-corrected chi connectivity index (χ2v) is 10.4. The lowest BCUT2D eigenvalue weighted by Gasteiger charge is -2.16. The first kappa shape index (κ1) is 23.1. The van der Waals surface area contributed by atoms with E-state index >= 15 is 0 Å². The monoisotopic (exact) mass is 491 g/mol. The maximum absolute atomic E-state index is 12.9. The van der Waals surface area contributed by atoms with Crippen LogP contribution in [0.15, 0.2) is 41.3 Å². The van der Waals surface area contributed by atoms with Gasteiger partial charge in [-0.05, 0) is 42.8 Å². The van der Waals surface area contributed by atoms with E-state index in [0.29, 0.717) is 29.0 Å². The molecule has 0 spiro atoms. The number of amides is 2. The molecule has 1 atom stereocenters. The molecule has 0 aliphatic carbocycles. The Hall–Kier alpha value is -3.08. The van der Waals surface area contributed by atoms with Crippen LogP contribution in [0.3, 0.4) is 0 Å². The molecule has 9 nitrogen and oxygen atoms in total. The van der Waals surface area contributed by atoms with E-state index in [0.717, 1.165) is 0 Å². The second kappa shape index (κ2) is 9.05. The Balaban J connectivity index is 1.68. The molecule has 1 aliphatic rings. The Morgan fingerprint density at radius 3 is 2.58 bits per heavy atom. The zero-order chi connectivity index (χ0) is 23.8. The fourth-order valence-corrected chi connectivity index (χ4v) is 4.65. The van der Waals surface area contributed by atoms with Crippen LogP contribution in [0.4, 0.5) is 11.4 Å². The van der Waals surface area contributed by atoms with Crippen molar-refractivity contribution in [1.82, 2.24) is 4.98 Å². The molecule has 0 saturated carbocycles. The highest BCUT2D eigenvalue weighted by molar-refractivity contribution is 7.91. The number of H-pyrrole nitrogens is 1. The minimum absolute atomic E-state index is 0.111. The largest absolute Gasteiger partial charge is 0.504 e. The third-order valence-corrected chi connectivity index (χ3v) is 7.41. The topological polar surface area (TPSA) is 138 Å². The van der Waals surface area contributed by atoms with Gasteiger partial charge in [-0.3, -0.25) is 9.59 Å². The van der Waals surface area contributed by atoms with Crippen molar-refractivity contribution >= 4 is 55.5 Å². The summed E-state index contributed by atoms with van der Waals surface area (Å²) in [6, 6.07) is 9.03. The van der Waals surface area contributed by atoms with Gasteiger partial charge in [0.15, 0.2) is 15.6 Å². The van der Waals surface area contributed by atoms with Crippen LogP contribution in [-0.4, -0.2) is 49.3 Å². The normalized spacial score (nSPS) is 16.1. The quantitative estimate of drug-likeness (QED) is 0.389. The first-order valence-corrected chi connectivity index (χ1v) is 12.3. The van der Waals surface area contributed by atoms with Gasteiger partial charge in [0, 0.05) is 22.5 Å². The number of aromatic hydroxyl groups is 1. The lowest BCUT2D eigenvalue weighted by atomic mass is 10.1. The number of benzene rings is 2. The highest BCUT2D eigenvalue weighted by Gasteiger charge is 2.26. The maximum Gasteiger partial charge on any atom is 0.272 e. The summed E-state index contributed by atoms with van der Waals surface area (Å²) in [6.45, 7) is 2.17. The van der Waals surface area contributed by atoms with E-state index in [-0.39, 0.29) is 34.3 Å². The fraction of sp³-hybridized carbons (Fsp3) is 0.273. The molecule has 0 bridgehead atoms. The number of halogens is 1. The van der Waals surface area contributed by atoms with Crippen molar-refractivity contribution in [2.45, 2.75) is 18.2 Å². The minimum Gasteiger partial charge on any atom is -0.504 e. The van der Waals surface area contributed by atoms with Gasteiger partial charge in [0.25, 0.3) is 5.91 Å². The molecule has 2 amide bonds. The number of phenols is 1. The molecule has 1 saturated heterocycles. The number of carbonyl (C=O) groups is 2. The van der Waals surface area contributed by atoms with Crippen LogP contribution in [0.5, 0.6) is 5.75 Å².